The highest BCUT2D eigenvalue weighted by Crippen LogP contribution is 2.29. The predicted octanol–water partition coefficient (Wildman–Crippen LogP) is 3.72. The van der Waals surface area contributed by atoms with E-state index in [1.807, 2.05) is 26.8 Å². The van der Waals surface area contributed by atoms with Gasteiger partial charge < -0.3 is 14.1 Å². The van der Waals surface area contributed by atoms with Gasteiger partial charge in [0.15, 0.2) is 10.5 Å². The van der Waals surface area contributed by atoms with E-state index < -0.39 is 17.1 Å². The van der Waals surface area contributed by atoms with Crippen molar-refractivity contribution < 1.29 is 18.9 Å². The van der Waals surface area contributed by atoms with E-state index in [0.717, 1.165) is 5.56 Å². The van der Waals surface area contributed by atoms with Gasteiger partial charge in [-0.1, -0.05) is 6.92 Å². The van der Waals surface area contributed by atoms with Crippen molar-refractivity contribution in [1.82, 2.24) is 0 Å². The zero-order valence-electron chi connectivity index (χ0n) is 14.2. The minimum absolute atomic E-state index is 0.0248. The van der Waals surface area contributed by atoms with Gasteiger partial charge in [0.05, 0.1) is 16.3 Å². The summed E-state index contributed by atoms with van der Waals surface area (Å²) in [6, 6.07) is 7.73. The van der Waals surface area contributed by atoms with Crippen LogP contribution in [0, 0.1) is 0 Å². The van der Waals surface area contributed by atoms with Crippen LogP contribution in [-0.4, -0.2) is 20.9 Å². The SMILES string of the molecule is CCc1cc([S+]([O-])C(C)C)c2oc3ccc(C(=O)O)cc3c(=O)c2c1. The van der Waals surface area contributed by atoms with E-state index in [1.165, 1.54) is 18.2 Å². The van der Waals surface area contributed by atoms with Crippen LogP contribution >= 0.6 is 0 Å². The molecule has 25 heavy (non-hydrogen) atoms. The first-order valence-corrected chi connectivity index (χ1v) is 9.22. The quantitative estimate of drug-likeness (QED) is 0.567. The number of benzene rings is 2. The molecule has 0 fully saturated rings. The lowest BCUT2D eigenvalue weighted by Crippen LogP contribution is -2.16. The minimum Gasteiger partial charge on any atom is -0.611 e. The zero-order chi connectivity index (χ0) is 18.3. The highest BCUT2D eigenvalue weighted by atomic mass is 32.2. The van der Waals surface area contributed by atoms with Crippen molar-refractivity contribution in [3.8, 4) is 0 Å². The third-order valence-corrected chi connectivity index (χ3v) is 5.69. The summed E-state index contributed by atoms with van der Waals surface area (Å²) < 4.78 is 18.6. The van der Waals surface area contributed by atoms with Crippen molar-refractivity contribution in [2.75, 3.05) is 0 Å². The minimum atomic E-state index is -1.31. The number of hydrogen-bond donors (Lipinski definition) is 1. The molecule has 0 bridgehead atoms. The molecule has 0 aliphatic rings. The molecule has 1 unspecified atom stereocenters. The second-order valence-corrected chi connectivity index (χ2v) is 8.10. The van der Waals surface area contributed by atoms with Crippen LogP contribution in [0.15, 0.2) is 44.4 Å². The van der Waals surface area contributed by atoms with Gasteiger partial charge >= 0.3 is 5.97 Å². The maximum Gasteiger partial charge on any atom is 0.335 e. The normalized spacial score (nSPS) is 12.8. The lowest BCUT2D eigenvalue weighted by Gasteiger charge is -2.16. The molecule has 0 saturated carbocycles. The van der Waals surface area contributed by atoms with Gasteiger partial charge in [-0.2, -0.15) is 0 Å². The summed E-state index contributed by atoms with van der Waals surface area (Å²) >= 11 is -1.31. The lowest BCUT2D eigenvalue weighted by molar-refractivity contribution is 0.0697. The van der Waals surface area contributed by atoms with Crippen LogP contribution in [-0.2, 0) is 17.6 Å². The number of hydrogen-bond acceptors (Lipinski definition) is 4. The van der Waals surface area contributed by atoms with Gasteiger partial charge in [0.2, 0.25) is 5.43 Å². The van der Waals surface area contributed by atoms with Crippen LogP contribution in [0.5, 0.6) is 0 Å². The maximum atomic E-state index is 12.9. The largest absolute Gasteiger partial charge is 0.611 e. The van der Waals surface area contributed by atoms with Gasteiger partial charge in [-0.25, -0.2) is 4.79 Å². The molecule has 0 radical (unpaired) electrons. The molecule has 0 saturated heterocycles. The summed E-state index contributed by atoms with van der Waals surface area (Å²) in [5, 5.41) is 9.56. The molecule has 1 N–H and O–H groups in total. The summed E-state index contributed by atoms with van der Waals surface area (Å²) in [4.78, 5) is 24.6. The van der Waals surface area contributed by atoms with Crippen LogP contribution in [0.2, 0.25) is 0 Å². The molecule has 0 aliphatic carbocycles. The standard InChI is InChI=1S/C19H18O5S/c1-4-11-7-14-17(20)13-9-12(19(21)22)5-6-15(13)24-18(14)16(8-11)25(23)10(2)3/h5-10H,4H2,1-3H3,(H,21,22). The highest BCUT2D eigenvalue weighted by Gasteiger charge is 2.24. The van der Waals surface area contributed by atoms with Gasteiger partial charge in [-0.15, -0.1) is 0 Å². The van der Waals surface area contributed by atoms with E-state index in [0.29, 0.717) is 22.3 Å². The van der Waals surface area contributed by atoms with E-state index in [-0.39, 0.29) is 27.2 Å². The topological polar surface area (TPSA) is 90.6 Å². The molecule has 3 rings (SSSR count). The molecule has 2 aromatic carbocycles. The fourth-order valence-corrected chi connectivity index (χ4v) is 3.83. The Morgan fingerprint density at radius 1 is 1.24 bits per heavy atom. The number of aryl methyl sites for hydroxylation is 1. The van der Waals surface area contributed by atoms with E-state index in [1.54, 1.807) is 6.07 Å². The van der Waals surface area contributed by atoms with Crippen LogP contribution < -0.4 is 5.43 Å². The van der Waals surface area contributed by atoms with Crippen molar-refractivity contribution in [3.05, 3.63) is 51.7 Å². The average molecular weight is 358 g/mol. The molecule has 0 spiro atoms. The number of carbonyl (C=O) groups is 1. The Kier molecular flexibility index (Phi) is 4.58. The molecule has 6 heteroatoms. The molecule has 5 nitrogen and oxygen atoms in total. The van der Waals surface area contributed by atoms with Gasteiger partial charge in [-0.05, 0) is 61.3 Å². The summed E-state index contributed by atoms with van der Waals surface area (Å²) in [5.74, 6) is -1.11. The Balaban J connectivity index is 2.43. The fourth-order valence-electron chi connectivity index (χ4n) is 2.73. The van der Waals surface area contributed by atoms with Crippen LogP contribution in [0.25, 0.3) is 21.9 Å². The number of carboxylic acids is 1. The summed E-state index contributed by atoms with van der Waals surface area (Å²) in [5.41, 5.74) is 1.20. The number of fused-ring (bicyclic) bond motifs is 2. The van der Waals surface area contributed by atoms with E-state index in [2.05, 4.69) is 0 Å². The Hall–Kier alpha value is -2.31. The summed E-state index contributed by atoms with van der Waals surface area (Å²) in [6.07, 6.45) is 0.685. The monoisotopic (exact) mass is 358 g/mol. The third kappa shape index (κ3) is 3.03. The molecule has 130 valence electrons. The fraction of sp³-hybridized carbons (Fsp3) is 0.263. The van der Waals surface area contributed by atoms with Crippen molar-refractivity contribution >= 4 is 39.1 Å². The Labute approximate surface area is 147 Å². The molecular formula is C19H18O5S. The highest BCUT2D eigenvalue weighted by molar-refractivity contribution is 7.92. The third-order valence-electron chi connectivity index (χ3n) is 4.10. The van der Waals surface area contributed by atoms with Crippen molar-refractivity contribution in [2.24, 2.45) is 0 Å². The Bertz CT molecular complexity index is 1040. The number of aromatic carboxylic acids is 1. The number of carboxylic acid groups (broad SMARTS) is 1. The first-order chi connectivity index (χ1) is 11.8. The molecule has 0 amide bonds. The average Bonchev–Trinajstić information content (AvgIpc) is 2.60. The molecule has 3 aromatic rings. The summed E-state index contributed by atoms with van der Waals surface area (Å²) in [7, 11) is 0. The molecule has 0 aliphatic heterocycles. The summed E-state index contributed by atoms with van der Waals surface area (Å²) in [6.45, 7) is 5.64. The Morgan fingerprint density at radius 2 is 1.96 bits per heavy atom. The maximum absolute atomic E-state index is 12.9. The van der Waals surface area contributed by atoms with Crippen LogP contribution in [0.4, 0.5) is 0 Å². The van der Waals surface area contributed by atoms with Gasteiger partial charge in [0.25, 0.3) is 0 Å². The molecule has 1 heterocycles. The van der Waals surface area contributed by atoms with E-state index in [4.69, 9.17) is 9.52 Å². The van der Waals surface area contributed by atoms with Gasteiger partial charge in [0.1, 0.15) is 10.8 Å². The van der Waals surface area contributed by atoms with Gasteiger partial charge in [-0.3, -0.25) is 4.79 Å². The molecular weight excluding hydrogens is 340 g/mol. The van der Waals surface area contributed by atoms with Crippen LogP contribution in [0.3, 0.4) is 0 Å². The first-order valence-electron chi connectivity index (χ1n) is 8.00. The second-order valence-electron chi connectivity index (χ2n) is 6.12. The number of rotatable bonds is 4. The van der Waals surface area contributed by atoms with E-state index >= 15 is 0 Å². The zero-order valence-corrected chi connectivity index (χ0v) is 15.0. The lowest BCUT2D eigenvalue weighted by atomic mass is 10.1. The van der Waals surface area contributed by atoms with Crippen molar-refractivity contribution in [1.29, 1.82) is 0 Å². The predicted molar refractivity (Wildman–Crippen MR) is 97.9 cm³/mol. The van der Waals surface area contributed by atoms with Crippen molar-refractivity contribution in [2.45, 2.75) is 37.3 Å². The second kappa shape index (κ2) is 6.54. The van der Waals surface area contributed by atoms with Crippen LogP contribution in [0.1, 0.15) is 36.7 Å². The Morgan fingerprint density at radius 3 is 2.56 bits per heavy atom. The molecule has 1 atom stereocenters. The molecule has 1 aromatic heterocycles. The smallest absolute Gasteiger partial charge is 0.335 e. The first kappa shape index (κ1) is 17.5. The van der Waals surface area contributed by atoms with Gasteiger partial charge in [0, 0.05) is 6.07 Å². The van der Waals surface area contributed by atoms with Crippen molar-refractivity contribution in [3.63, 3.8) is 0 Å². The van der Waals surface area contributed by atoms with E-state index in [9.17, 15) is 14.1 Å².